The van der Waals surface area contributed by atoms with Crippen LogP contribution in [0.5, 0.6) is 0 Å². The number of carbonyl (C=O) groups is 3. The summed E-state index contributed by atoms with van der Waals surface area (Å²) in [5.41, 5.74) is 0.653. The molecule has 0 radical (unpaired) electrons. The van der Waals surface area contributed by atoms with Gasteiger partial charge in [-0.1, -0.05) is 31.4 Å². The lowest BCUT2D eigenvalue weighted by Gasteiger charge is -2.23. The fraction of sp³-hybridized carbons (Fsp3) is 0.640. The topological polar surface area (TPSA) is 81.8 Å². The molecule has 0 aromatic heterocycles. The highest BCUT2D eigenvalue weighted by atomic mass is 32.2. The largest absolute Gasteiger partial charge is 0.355 e. The van der Waals surface area contributed by atoms with Crippen molar-refractivity contribution in [2.45, 2.75) is 50.3 Å². The second-order valence-electron chi connectivity index (χ2n) is 8.97. The number of hydrogen-bond donors (Lipinski definition) is 2. The minimum absolute atomic E-state index is 0.000531. The summed E-state index contributed by atoms with van der Waals surface area (Å²) in [7, 11) is 0. The van der Waals surface area contributed by atoms with Gasteiger partial charge in [0.1, 0.15) is 0 Å². The van der Waals surface area contributed by atoms with Crippen molar-refractivity contribution in [3.63, 3.8) is 0 Å². The molecular formula is C25H38N4O3S. The molecule has 1 saturated carbocycles. The molecule has 3 amide bonds. The Kier molecular flexibility index (Phi) is 10.5. The van der Waals surface area contributed by atoms with Gasteiger partial charge in [0, 0.05) is 44.2 Å². The number of hydrogen-bond acceptors (Lipinski definition) is 5. The second kappa shape index (κ2) is 13.6. The third kappa shape index (κ3) is 8.34. The molecule has 1 aliphatic carbocycles. The first-order valence-corrected chi connectivity index (χ1v) is 13.3. The first-order valence-electron chi connectivity index (χ1n) is 12.3. The van der Waals surface area contributed by atoms with E-state index >= 15 is 0 Å². The van der Waals surface area contributed by atoms with E-state index in [1.165, 1.54) is 43.9 Å². The lowest BCUT2D eigenvalue weighted by atomic mass is 9.89. The molecule has 0 bridgehead atoms. The Balaban J connectivity index is 1.50. The number of thioether (sulfide) groups is 1. The van der Waals surface area contributed by atoms with Crippen molar-refractivity contribution < 1.29 is 14.4 Å². The highest BCUT2D eigenvalue weighted by molar-refractivity contribution is 8.00. The van der Waals surface area contributed by atoms with E-state index in [1.807, 2.05) is 36.1 Å². The third-order valence-corrected chi connectivity index (χ3v) is 7.48. The number of amides is 3. The van der Waals surface area contributed by atoms with Crippen LogP contribution in [0.3, 0.4) is 0 Å². The third-order valence-electron chi connectivity index (χ3n) is 6.41. The first-order chi connectivity index (χ1) is 16.1. The van der Waals surface area contributed by atoms with Gasteiger partial charge in [-0.15, -0.1) is 11.8 Å². The molecule has 1 aromatic rings. The normalized spacial score (nSPS) is 17.9. The maximum Gasteiger partial charge on any atom is 0.255 e. The van der Waals surface area contributed by atoms with E-state index in [9.17, 15) is 14.4 Å². The van der Waals surface area contributed by atoms with Gasteiger partial charge in [-0.05, 0) is 44.2 Å². The first kappa shape index (κ1) is 25.6. The number of rotatable bonds is 9. The zero-order valence-corrected chi connectivity index (χ0v) is 20.6. The van der Waals surface area contributed by atoms with E-state index in [-0.39, 0.29) is 17.7 Å². The summed E-state index contributed by atoms with van der Waals surface area (Å²) in [6, 6.07) is 7.56. The van der Waals surface area contributed by atoms with Crippen molar-refractivity contribution >= 4 is 29.5 Å². The zero-order chi connectivity index (χ0) is 23.5. The monoisotopic (exact) mass is 474 g/mol. The van der Waals surface area contributed by atoms with Crippen LogP contribution >= 0.6 is 11.8 Å². The smallest absolute Gasteiger partial charge is 0.255 e. The van der Waals surface area contributed by atoms with Crippen LogP contribution < -0.4 is 10.6 Å². The lowest BCUT2D eigenvalue weighted by Crippen LogP contribution is -2.40. The number of nitrogens with zero attached hydrogens (tertiary/aromatic N) is 2. The lowest BCUT2D eigenvalue weighted by molar-refractivity contribution is -0.122. The van der Waals surface area contributed by atoms with Crippen molar-refractivity contribution in [2.75, 3.05) is 51.6 Å². The number of benzene rings is 1. The maximum absolute atomic E-state index is 13.3. The highest BCUT2D eigenvalue weighted by Crippen LogP contribution is 2.25. The van der Waals surface area contributed by atoms with Crippen LogP contribution in [-0.2, 0) is 9.59 Å². The van der Waals surface area contributed by atoms with Gasteiger partial charge in [0.15, 0.2) is 0 Å². The van der Waals surface area contributed by atoms with E-state index in [0.717, 1.165) is 24.4 Å². The summed E-state index contributed by atoms with van der Waals surface area (Å²) in [4.78, 5) is 42.4. The van der Waals surface area contributed by atoms with Gasteiger partial charge in [0.25, 0.3) is 5.91 Å². The minimum atomic E-state index is 0.000531. The van der Waals surface area contributed by atoms with Crippen LogP contribution in [-0.4, -0.2) is 79.1 Å². The molecule has 0 spiro atoms. The Labute approximate surface area is 202 Å². The van der Waals surface area contributed by atoms with Crippen LogP contribution in [0.25, 0.3) is 0 Å². The summed E-state index contributed by atoms with van der Waals surface area (Å²) in [6.45, 7) is 6.44. The van der Waals surface area contributed by atoms with Crippen molar-refractivity contribution in [3.8, 4) is 0 Å². The molecule has 1 heterocycles. The summed E-state index contributed by atoms with van der Waals surface area (Å²) in [5, 5.41) is 5.91. The van der Waals surface area contributed by atoms with Crippen LogP contribution in [0.15, 0.2) is 29.2 Å². The highest BCUT2D eigenvalue weighted by Gasteiger charge is 2.23. The summed E-state index contributed by atoms with van der Waals surface area (Å²) in [5.74, 6) is 0.985. The van der Waals surface area contributed by atoms with Crippen LogP contribution in [0, 0.1) is 5.92 Å². The van der Waals surface area contributed by atoms with E-state index in [4.69, 9.17) is 0 Å². The van der Waals surface area contributed by atoms with Crippen molar-refractivity contribution in [1.29, 1.82) is 0 Å². The molecule has 0 unspecified atom stereocenters. The molecular weight excluding hydrogens is 436 g/mol. The van der Waals surface area contributed by atoms with Gasteiger partial charge >= 0.3 is 0 Å². The van der Waals surface area contributed by atoms with E-state index in [2.05, 4.69) is 15.5 Å². The Morgan fingerprint density at radius 1 is 0.939 bits per heavy atom. The molecule has 2 aliphatic rings. The average Bonchev–Trinajstić information content (AvgIpc) is 3.07. The molecule has 33 heavy (non-hydrogen) atoms. The molecule has 182 valence electrons. The number of carbonyl (C=O) groups excluding carboxylic acids is 3. The van der Waals surface area contributed by atoms with Crippen molar-refractivity contribution in [3.05, 3.63) is 29.8 Å². The maximum atomic E-state index is 13.3. The summed E-state index contributed by atoms with van der Waals surface area (Å²) in [6.07, 6.45) is 7.11. The Hall–Kier alpha value is -2.06. The Bertz CT molecular complexity index is 798. The minimum Gasteiger partial charge on any atom is -0.355 e. The van der Waals surface area contributed by atoms with Crippen LogP contribution in [0.2, 0.25) is 0 Å². The van der Waals surface area contributed by atoms with Gasteiger partial charge in [-0.3, -0.25) is 19.3 Å². The van der Waals surface area contributed by atoms with Crippen LogP contribution in [0.4, 0.5) is 0 Å². The molecule has 1 aromatic carbocycles. The van der Waals surface area contributed by atoms with E-state index in [0.29, 0.717) is 50.0 Å². The molecule has 8 heteroatoms. The predicted octanol–water partition coefficient (Wildman–Crippen LogP) is 2.76. The molecule has 2 N–H and O–H groups in total. The zero-order valence-electron chi connectivity index (χ0n) is 19.8. The molecule has 2 fully saturated rings. The van der Waals surface area contributed by atoms with Gasteiger partial charge in [0.05, 0.1) is 17.9 Å². The Morgan fingerprint density at radius 2 is 1.73 bits per heavy atom. The van der Waals surface area contributed by atoms with E-state index < -0.39 is 0 Å². The van der Waals surface area contributed by atoms with E-state index in [1.54, 1.807) is 0 Å². The van der Waals surface area contributed by atoms with Gasteiger partial charge in [-0.25, -0.2) is 0 Å². The molecule has 3 rings (SSSR count). The molecule has 0 atom stereocenters. The standard InChI is InChI=1S/C25H38N4O3S/c1-2-26-23(30)18-28-13-8-14-29(16-15-28)25(32)21-11-6-7-12-22(21)33-19-24(31)27-17-20-9-4-3-5-10-20/h6-7,11-12,20H,2-5,8-10,13-19H2,1H3,(H,26,30)(H,27,31). The Morgan fingerprint density at radius 3 is 2.52 bits per heavy atom. The average molecular weight is 475 g/mol. The SMILES string of the molecule is CCNC(=O)CN1CCCN(C(=O)c2ccccc2SCC(=O)NCC2CCCCC2)CC1. The van der Waals surface area contributed by atoms with Gasteiger partial charge in [-0.2, -0.15) is 0 Å². The van der Waals surface area contributed by atoms with Crippen LogP contribution in [0.1, 0.15) is 55.8 Å². The molecule has 7 nitrogen and oxygen atoms in total. The number of nitrogens with one attached hydrogen (secondary N) is 2. The van der Waals surface area contributed by atoms with Crippen molar-refractivity contribution in [2.24, 2.45) is 5.92 Å². The van der Waals surface area contributed by atoms with Gasteiger partial charge in [0.2, 0.25) is 11.8 Å². The quantitative estimate of drug-likeness (QED) is 0.538. The summed E-state index contributed by atoms with van der Waals surface area (Å²) < 4.78 is 0. The molecule has 1 saturated heterocycles. The van der Waals surface area contributed by atoms with Crippen molar-refractivity contribution in [1.82, 2.24) is 20.4 Å². The summed E-state index contributed by atoms with van der Waals surface area (Å²) >= 11 is 1.43. The van der Waals surface area contributed by atoms with Gasteiger partial charge < -0.3 is 15.5 Å². The fourth-order valence-corrected chi connectivity index (χ4v) is 5.45. The second-order valence-corrected chi connectivity index (χ2v) is 9.99. The molecule has 1 aliphatic heterocycles. The number of likely N-dealkylation sites (N-methyl/N-ethyl adjacent to an activating group) is 1. The predicted molar refractivity (Wildman–Crippen MR) is 132 cm³/mol. The fourth-order valence-electron chi connectivity index (χ4n) is 4.57.